The van der Waals surface area contributed by atoms with E-state index >= 15 is 0 Å². The van der Waals surface area contributed by atoms with Crippen molar-refractivity contribution in [3.05, 3.63) is 0 Å². The first kappa shape index (κ1) is 9.86. The molecule has 11 heavy (non-hydrogen) atoms. The molecule has 0 heterocycles. The second kappa shape index (κ2) is 4.64. The van der Waals surface area contributed by atoms with Crippen LogP contribution in [0, 0.1) is 0 Å². The van der Waals surface area contributed by atoms with Gasteiger partial charge in [0.2, 0.25) is 5.91 Å². The highest BCUT2D eigenvalue weighted by atomic mass is 16.5. The smallest absolute Gasteiger partial charge is 0.260 e. The van der Waals surface area contributed by atoms with Gasteiger partial charge in [0.15, 0.2) is 0 Å². The van der Waals surface area contributed by atoms with Crippen LogP contribution in [-0.2, 0) is 9.59 Å². The Balaban J connectivity index is 3.94. The molecule has 0 aromatic carbocycles. The monoisotopic (exact) mass is 161 g/mol. The number of rotatable bonds is 4. The molecule has 0 radical (unpaired) electrons. The molecule has 0 saturated heterocycles. The molecule has 0 fully saturated rings. The number of nitrogens with one attached hydrogen (secondary N) is 2. The van der Waals surface area contributed by atoms with E-state index in [1.54, 1.807) is 0 Å². The first-order valence-corrected chi connectivity index (χ1v) is 3.01. The largest absolute Gasteiger partial charge is 0.370 e. The van der Waals surface area contributed by atoms with Gasteiger partial charge >= 0.3 is 0 Å². The number of carbonyl (C=O) groups excluding carboxylic acids is 2. The van der Waals surface area contributed by atoms with Crippen molar-refractivity contribution in [3.8, 4) is 0 Å². The van der Waals surface area contributed by atoms with Gasteiger partial charge in [-0.05, 0) is 7.05 Å². The van der Waals surface area contributed by atoms with Gasteiger partial charge in [-0.1, -0.05) is 0 Å². The van der Waals surface area contributed by atoms with Crippen LogP contribution in [0.25, 0.3) is 0 Å². The maximum atomic E-state index is 10.6. The zero-order valence-corrected chi connectivity index (χ0v) is 6.13. The number of likely N-dealkylation sites (N-methyl/N-ethyl adjacent to an activating group) is 1. The molecule has 0 bridgehead atoms. The van der Waals surface area contributed by atoms with Crippen molar-refractivity contribution in [1.29, 1.82) is 0 Å². The maximum absolute atomic E-state index is 10.6. The first-order chi connectivity index (χ1) is 5.11. The molecule has 6 heteroatoms. The number of amides is 2. The van der Waals surface area contributed by atoms with Crippen molar-refractivity contribution < 1.29 is 14.8 Å². The number of hydroxylamine groups is 1. The molecule has 0 aromatic heterocycles. The zero-order valence-electron chi connectivity index (χ0n) is 6.13. The Bertz CT molecular complexity index is 159. The van der Waals surface area contributed by atoms with Gasteiger partial charge in [-0.2, -0.15) is 0 Å². The van der Waals surface area contributed by atoms with E-state index in [4.69, 9.17) is 10.9 Å². The second-order valence-electron chi connectivity index (χ2n) is 1.99. The fourth-order valence-electron chi connectivity index (χ4n) is 0.605. The lowest BCUT2D eigenvalue weighted by Crippen LogP contribution is -2.43. The van der Waals surface area contributed by atoms with Crippen LogP contribution in [0.1, 0.15) is 6.42 Å². The molecule has 0 unspecified atom stereocenters. The van der Waals surface area contributed by atoms with E-state index in [1.165, 1.54) is 12.5 Å². The number of nitrogens with two attached hydrogens (primary N) is 1. The maximum Gasteiger partial charge on any atom is 0.260 e. The van der Waals surface area contributed by atoms with Crippen molar-refractivity contribution in [2.24, 2.45) is 5.73 Å². The molecule has 0 spiro atoms. The van der Waals surface area contributed by atoms with Crippen molar-refractivity contribution in [1.82, 2.24) is 10.8 Å². The van der Waals surface area contributed by atoms with Gasteiger partial charge in [-0.3, -0.25) is 14.8 Å². The van der Waals surface area contributed by atoms with Crippen LogP contribution in [-0.4, -0.2) is 30.1 Å². The van der Waals surface area contributed by atoms with Crippen LogP contribution in [0.3, 0.4) is 0 Å². The Morgan fingerprint density at radius 3 is 2.45 bits per heavy atom. The molecule has 2 amide bonds. The minimum atomic E-state index is -0.766. The summed E-state index contributed by atoms with van der Waals surface area (Å²) in [5, 5.41) is 10.7. The molecule has 0 saturated carbocycles. The van der Waals surface area contributed by atoms with Gasteiger partial charge in [0.05, 0.1) is 12.5 Å². The number of hydrogen-bond donors (Lipinski definition) is 4. The van der Waals surface area contributed by atoms with E-state index in [9.17, 15) is 9.59 Å². The Morgan fingerprint density at radius 2 is 2.18 bits per heavy atom. The number of primary amides is 1. The van der Waals surface area contributed by atoms with Crippen molar-refractivity contribution in [2.75, 3.05) is 7.05 Å². The average molecular weight is 161 g/mol. The molecular weight excluding hydrogens is 150 g/mol. The Kier molecular flexibility index (Phi) is 4.16. The minimum Gasteiger partial charge on any atom is -0.370 e. The molecule has 6 nitrogen and oxygen atoms in total. The summed E-state index contributed by atoms with van der Waals surface area (Å²) in [5.41, 5.74) is 6.23. The van der Waals surface area contributed by atoms with Crippen molar-refractivity contribution >= 4 is 11.8 Å². The summed E-state index contributed by atoms with van der Waals surface area (Å²) in [7, 11) is 1.49. The fourth-order valence-corrected chi connectivity index (χ4v) is 0.605. The van der Waals surface area contributed by atoms with Gasteiger partial charge in [-0.15, -0.1) is 0 Å². The van der Waals surface area contributed by atoms with Crippen LogP contribution in [0.2, 0.25) is 0 Å². The summed E-state index contributed by atoms with van der Waals surface area (Å²) in [4.78, 5) is 21.0. The summed E-state index contributed by atoms with van der Waals surface area (Å²) >= 11 is 0. The second-order valence-corrected chi connectivity index (χ2v) is 1.99. The van der Waals surface area contributed by atoms with Crippen molar-refractivity contribution in [3.63, 3.8) is 0 Å². The summed E-state index contributed by atoms with van der Waals surface area (Å²) in [5.74, 6) is -1.28. The third kappa shape index (κ3) is 3.54. The van der Waals surface area contributed by atoms with Gasteiger partial charge in [0.1, 0.15) is 0 Å². The third-order valence-corrected chi connectivity index (χ3v) is 1.18. The number of hydrogen-bond acceptors (Lipinski definition) is 4. The lowest BCUT2D eigenvalue weighted by molar-refractivity contribution is -0.133. The van der Waals surface area contributed by atoms with E-state index in [0.29, 0.717) is 0 Å². The summed E-state index contributed by atoms with van der Waals surface area (Å²) in [6, 6.07) is -0.766. The van der Waals surface area contributed by atoms with Gasteiger partial charge < -0.3 is 11.1 Å². The predicted molar refractivity (Wildman–Crippen MR) is 36.6 cm³/mol. The van der Waals surface area contributed by atoms with Crippen LogP contribution in [0.4, 0.5) is 0 Å². The van der Waals surface area contributed by atoms with Crippen LogP contribution < -0.4 is 16.5 Å². The average Bonchev–Trinajstić information content (AvgIpc) is 1.98. The predicted octanol–water partition coefficient (Wildman–Crippen LogP) is -2.04. The molecule has 0 aliphatic rings. The van der Waals surface area contributed by atoms with E-state index in [2.05, 4.69) is 5.32 Å². The quantitative estimate of drug-likeness (QED) is 0.281. The summed E-state index contributed by atoms with van der Waals surface area (Å²) in [6.07, 6.45) is -0.136. The minimum absolute atomic E-state index is 0.136. The first-order valence-electron chi connectivity index (χ1n) is 3.01. The van der Waals surface area contributed by atoms with Crippen LogP contribution in [0.5, 0.6) is 0 Å². The van der Waals surface area contributed by atoms with E-state index in [1.807, 2.05) is 0 Å². The molecule has 64 valence electrons. The third-order valence-electron chi connectivity index (χ3n) is 1.18. The topological polar surface area (TPSA) is 104 Å². The Morgan fingerprint density at radius 1 is 1.64 bits per heavy atom. The highest BCUT2D eigenvalue weighted by Crippen LogP contribution is 1.88. The van der Waals surface area contributed by atoms with E-state index < -0.39 is 17.9 Å². The summed E-state index contributed by atoms with van der Waals surface area (Å²) in [6.45, 7) is 0. The Hall–Kier alpha value is -1.14. The lowest BCUT2D eigenvalue weighted by atomic mass is 10.2. The van der Waals surface area contributed by atoms with E-state index in [-0.39, 0.29) is 6.42 Å². The molecule has 0 aromatic rings. The molecule has 0 aliphatic heterocycles. The summed E-state index contributed by atoms with van der Waals surface area (Å²) < 4.78 is 0. The van der Waals surface area contributed by atoms with Gasteiger partial charge in [-0.25, -0.2) is 5.48 Å². The highest BCUT2D eigenvalue weighted by Gasteiger charge is 2.17. The van der Waals surface area contributed by atoms with Crippen LogP contribution >= 0.6 is 0 Å². The zero-order chi connectivity index (χ0) is 8.85. The fraction of sp³-hybridized carbons (Fsp3) is 0.600. The molecule has 5 N–H and O–H groups in total. The van der Waals surface area contributed by atoms with Gasteiger partial charge in [0.25, 0.3) is 5.91 Å². The highest BCUT2D eigenvalue weighted by molar-refractivity contribution is 5.86. The molecule has 1 atom stereocenters. The van der Waals surface area contributed by atoms with Crippen molar-refractivity contribution in [2.45, 2.75) is 12.5 Å². The SMILES string of the molecule is CN[C@@H](CC(N)=O)C(=O)NO. The molecule has 0 aliphatic carbocycles. The Labute approximate surface area is 63.7 Å². The standard InChI is InChI=1S/C5H11N3O3/c1-7-3(2-4(6)9)5(10)8-11/h3,7,11H,2H2,1H3,(H2,6,9)(H,8,10)/t3-/m0/s1. The van der Waals surface area contributed by atoms with E-state index in [0.717, 1.165) is 0 Å². The molecular formula is C5H11N3O3. The van der Waals surface area contributed by atoms with Crippen LogP contribution in [0.15, 0.2) is 0 Å². The lowest BCUT2D eigenvalue weighted by Gasteiger charge is -2.10. The normalized spacial score (nSPS) is 12.2. The molecule has 0 rings (SSSR count). The number of carbonyl (C=O) groups is 2. The van der Waals surface area contributed by atoms with Gasteiger partial charge in [0, 0.05) is 0 Å².